The van der Waals surface area contributed by atoms with E-state index < -0.39 is 46.2 Å². The minimum atomic E-state index is -4.93. The van der Waals surface area contributed by atoms with Gasteiger partial charge in [0, 0.05) is 13.2 Å². The normalized spacial score (nSPS) is 11.6. The quantitative estimate of drug-likeness (QED) is 0.285. The van der Waals surface area contributed by atoms with Crippen molar-refractivity contribution in [2.45, 2.75) is 6.18 Å². The van der Waals surface area contributed by atoms with Gasteiger partial charge in [-0.2, -0.15) is 18.3 Å². The molecule has 0 aliphatic carbocycles. The second kappa shape index (κ2) is 8.88. The van der Waals surface area contributed by atoms with Gasteiger partial charge in [0.1, 0.15) is 17.1 Å². The second-order valence-electron chi connectivity index (χ2n) is 6.84. The molecule has 0 bridgehead atoms. The molecule has 0 radical (unpaired) electrons. The number of aromatic nitrogens is 4. The smallest absolute Gasteiger partial charge is 0.355 e. The van der Waals surface area contributed by atoms with Crippen LogP contribution in [0.25, 0.3) is 28.3 Å². The largest absolute Gasteiger partial charge is 0.434 e. The lowest BCUT2D eigenvalue weighted by Crippen LogP contribution is -2.26. The molecule has 0 aliphatic heterocycles. The van der Waals surface area contributed by atoms with Crippen LogP contribution in [0.1, 0.15) is 16.1 Å². The summed E-state index contributed by atoms with van der Waals surface area (Å²) < 4.78 is 63.0. The van der Waals surface area contributed by atoms with E-state index in [2.05, 4.69) is 15.2 Å². The zero-order valence-corrected chi connectivity index (χ0v) is 18.2. The molecule has 3 aromatic heterocycles. The van der Waals surface area contributed by atoms with E-state index in [1.165, 1.54) is 50.8 Å². The average molecular weight is 496 g/mol. The fraction of sp³-hybridized carbons (Fsp3) is 0.143. The minimum Gasteiger partial charge on any atom is -0.355 e. The SMILES string of the molecule is CON(C)C(=O)c1c(-c2c(F)cccc2Cl)noc1-c1cnn(-c2cccnc2)c1C(F)(F)F. The highest BCUT2D eigenvalue weighted by Crippen LogP contribution is 2.43. The van der Waals surface area contributed by atoms with Gasteiger partial charge in [-0.1, -0.05) is 22.8 Å². The molecular weight excluding hydrogens is 482 g/mol. The Morgan fingerprint density at radius 3 is 2.59 bits per heavy atom. The van der Waals surface area contributed by atoms with E-state index in [4.69, 9.17) is 21.0 Å². The van der Waals surface area contributed by atoms with Crippen LogP contribution < -0.4 is 0 Å². The number of nitrogens with zero attached hydrogens (tertiary/aromatic N) is 5. The number of hydrogen-bond acceptors (Lipinski definition) is 6. The number of hydroxylamine groups is 2. The molecule has 13 heteroatoms. The lowest BCUT2D eigenvalue weighted by Gasteiger charge is -2.15. The zero-order valence-electron chi connectivity index (χ0n) is 17.5. The zero-order chi connectivity index (χ0) is 24.6. The fourth-order valence-electron chi connectivity index (χ4n) is 3.27. The van der Waals surface area contributed by atoms with Gasteiger partial charge in [-0.25, -0.2) is 14.1 Å². The van der Waals surface area contributed by atoms with Crippen LogP contribution in [-0.2, 0) is 11.0 Å². The van der Waals surface area contributed by atoms with Crippen molar-refractivity contribution < 1.29 is 31.7 Å². The molecule has 1 amide bonds. The Morgan fingerprint density at radius 1 is 1.21 bits per heavy atom. The third kappa shape index (κ3) is 4.01. The molecule has 176 valence electrons. The summed E-state index contributed by atoms with van der Waals surface area (Å²) in [4.78, 5) is 21.8. The summed E-state index contributed by atoms with van der Waals surface area (Å²) in [6, 6.07) is 6.53. The third-order valence-electron chi connectivity index (χ3n) is 4.84. The Balaban J connectivity index is 2.03. The molecular formula is C21H14ClF4N5O3. The van der Waals surface area contributed by atoms with Crippen molar-refractivity contribution >= 4 is 17.5 Å². The molecule has 34 heavy (non-hydrogen) atoms. The Morgan fingerprint density at radius 2 is 1.97 bits per heavy atom. The maximum Gasteiger partial charge on any atom is 0.434 e. The molecule has 4 rings (SSSR count). The van der Waals surface area contributed by atoms with Crippen molar-refractivity contribution in [2.24, 2.45) is 0 Å². The molecule has 8 nitrogen and oxygen atoms in total. The van der Waals surface area contributed by atoms with Crippen LogP contribution >= 0.6 is 11.6 Å². The van der Waals surface area contributed by atoms with Gasteiger partial charge in [0.15, 0.2) is 11.5 Å². The molecule has 0 N–H and O–H groups in total. The van der Waals surface area contributed by atoms with E-state index in [0.717, 1.165) is 17.3 Å². The van der Waals surface area contributed by atoms with Crippen LogP contribution in [0.4, 0.5) is 17.6 Å². The predicted molar refractivity (Wildman–Crippen MR) is 111 cm³/mol. The number of rotatable bonds is 5. The van der Waals surface area contributed by atoms with Crippen LogP contribution in [0, 0.1) is 5.82 Å². The molecule has 0 unspecified atom stereocenters. The van der Waals surface area contributed by atoms with E-state index in [-0.39, 0.29) is 16.3 Å². The van der Waals surface area contributed by atoms with Gasteiger partial charge in [0.2, 0.25) is 0 Å². The van der Waals surface area contributed by atoms with Crippen LogP contribution in [0.15, 0.2) is 53.4 Å². The van der Waals surface area contributed by atoms with Crippen molar-refractivity contribution in [3.63, 3.8) is 0 Å². The summed E-state index contributed by atoms with van der Waals surface area (Å²) >= 11 is 6.12. The molecule has 3 heterocycles. The van der Waals surface area contributed by atoms with Gasteiger partial charge >= 0.3 is 6.18 Å². The number of pyridine rings is 1. The van der Waals surface area contributed by atoms with Gasteiger partial charge < -0.3 is 4.52 Å². The van der Waals surface area contributed by atoms with Crippen LogP contribution in [0.5, 0.6) is 0 Å². The highest BCUT2D eigenvalue weighted by Gasteiger charge is 2.42. The summed E-state index contributed by atoms with van der Waals surface area (Å²) in [5.41, 5.74) is -3.05. The Labute approximate surface area is 194 Å². The first-order valence-electron chi connectivity index (χ1n) is 9.47. The number of hydrogen-bond donors (Lipinski definition) is 0. The Hall–Kier alpha value is -3.77. The van der Waals surface area contributed by atoms with E-state index in [1.807, 2.05) is 0 Å². The second-order valence-corrected chi connectivity index (χ2v) is 7.25. The van der Waals surface area contributed by atoms with Gasteiger partial charge in [-0.3, -0.25) is 14.6 Å². The maximum atomic E-state index is 14.6. The number of halogens is 5. The molecule has 0 aliphatic rings. The van der Waals surface area contributed by atoms with Crippen molar-refractivity contribution in [1.29, 1.82) is 0 Å². The standard InChI is InChI=1S/C21H14ClF4N5O3/c1-30(33-2)20(32)16-17(15-13(22)6-3-7-14(15)23)29-34-18(16)12-10-28-31(19(12)21(24,25)26)11-5-4-8-27-9-11/h3-10H,1-2H3. The summed E-state index contributed by atoms with van der Waals surface area (Å²) in [5.74, 6) is -2.40. The monoisotopic (exact) mass is 495 g/mol. The van der Waals surface area contributed by atoms with Gasteiger partial charge in [0.05, 0.1) is 41.3 Å². The van der Waals surface area contributed by atoms with Gasteiger partial charge in [-0.15, -0.1) is 0 Å². The highest BCUT2D eigenvalue weighted by atomic mass is 35.5. The highest BCUT2D eigenvalue weighted by molar-refractivity contribution is 6.33. The molecule has 4 aromatic rings. The molecule has 0 fully saturated rings. The van der Waals surface area contributed by atoms with E-state index in [0.29, 0.717) is 4.68 Å². The van der Waals surface area contributed by atoms with Crippen molar-refractivity contribution in [3.8, 4) is 28.3 Å². The van der Waals surface area contributed by atoms with Gasteiger partial charge in [-0.05, 0) is 24.3 Å². The predicted octanol–water partition coefficient (Wildman–Crippen LogP) is 5.03. The lowest BCUT2D eigenvalue weighted by molar-refractivity contribution is -0.142. The Kier molecular flexibility index (Phi) is 6.11. The van der Waals surface area contributed by atoms with Crippen molar-refractivity contribution in [1.82, 2.24) is 25.0 Å². The number of carbonyl (C=O) groups is 1. The van der Waals surface area contributed by atoms with Crippen LogP contribution in [0.3, 0.4) is 0 Å². The first-order chi connectivity index (χ1) is 16.1. The number of carbonyl (C=O) groups excluding carboxylic acids is 1. The first-order valence-corrected chi connectivity index (χ1v) is 9.85. The molecule has 0 atom stereocenters. The van der Waals surface area contributed by atoms with Crippen molar-refractivity contribution in [2.75, 3.05) is 14.2 Å². The van der Waals surface area contributed by atoms with Crippen LogP contribution in [0.2, 0.25) is 5.02 Å². The number of amides is 1. The van der Waals surface area contributed by atoms with E-state index >= 15 is 0 Å². The van der Waals surface area contributed by atoms with E-state index in [9.17, 15) is 22.4 Å². The summed E-state index contributed by atoms with van der Waals surface area (Å²) in [6.07, 6.45) is -1.49. The minimum absolute atomic E-state index is 0.0137. The van der Waals surface area contributed by atoms with Gasteiger partial charge in [0.25, 0.3) is 5.91 Å². The molecule has 0 spiro atoms. The fourth-order valence-corrected chi connectivity index (χ4v) is 3.52. The first kappa shape index (κ1) is 23.4. The molecule has 0 saturated carbocycles. The summed E-state index contributed by atoms with van der Waals surface area (Å²) in [5, 5.41) is 8.13. The molecule has 0 saturated heterocycles. The third-order valence-corrected chi connectivity index (χ3v) is 5.15. The van der Waals surface area contributed by atoms with Crippen LogP contribution in [-0.4, -0.2) is 45.0 Å². The molecule has 1 aromatic carbocycles. The Bertz CT molecular complexity index is 1330. The lowest BCUT2D eigenvalue weighted by atomic mass is 10.0. The summed E-state index contributed by atoms with van der Waals surface area (Å²) in [6.45, 7) is 0. The van der Waals surface area contributed by atoms with Crippen molar-refractivity contribution in [3.05, 3.63) is 71.0 Å². The summed E-state index contributed by atoms with van der Waals surface area (Å²) in [7, 11) is 2.39. The number of alkyl halides is 3. The maximum absolute atomic E-state index is 14.6. The average Bonchev–Trinajstić information content (AvgIpc) is 3.43. The van der Waals surface area contributed by atoms with E-state index in [1.54, 1.807) is 0 Å². The topological polar surface area (TPSA) is 86.3 Å². The number of benzene rings is 1.